The molecule has 1 aromatic carbocycles. The van der Waals surface area contributed by atoms with Crippen LogP contribution in [0.1, 0.15) is 18.9 Å². The van der Waals surface area contributed by atoms with Crippen LogP contribution in [0.4, 0.5) is 5.95 Å². The minimum Gasteiger partial charge on any atom is -0.338 e. The third-order valence-corrected chi connectivity index (χ3v) is 3.73. The Morgan fingerprint density at radius 3 is 2.80 bits per heavy atom. The molecule has 5 nitrogen and oxygen atoms in total. The van der Waals surface area contributed by atoms with Crippen LogP contribution in [0.3, 0.4) is 0 Å². The Morgan fingerprint density at radius 2 is 2.00 bits per heavy atom. The molecule has 2 heterocycles. The zero-order valence-electron chi connectivity index (χ0n) is 11.9. The molecule has 1 saturated heterocycles. The van der Waals surface area contributed by atoms with Gasteiger partial charge in [0.1, 0.15) is 0 Å². The van der Waals surface area contributed by atoms with E-state index in [9.17, 15) is 0 Å². The maximum Gasteiger partial charge on any atom is 0.245 e. The summed E-state index contributed by atoms with van der Waals surface area (Å²) in [7, 11) is 0. The normalized spacial score (nSPS) is 16.1. The lowest BCUT2D eigenvalue weighted by Gasteiger charge is -2.16. The molecule has 2 aromatic rings. The number of hydrogen-bond acceptors (Lipinski definition) is 4. The summed E-state index contributed by atoms with van der Waals surface area (Å²) in [6, 6.07) is 8.50. The molecule has 20 heavy (non-hydrogen) atoms. The van der Waals surface area contributed by atoms with Crippen molar-refractivity contribution in [3.8, 4) is 11.4 Å². The van der Waals surface area contributed by atoms with Gasteiger partial charge in [-0.2, -0.15) is 4.98 Å². The molecular weight excluding hydrogens is 250 g/mol. The number of nitrogens with zero attached hydrogens (tertiary/aromatic N) is 3. The lowest BCUT2D eigenvalue weighted by molar-refractivity contribution is 0.724. The van der Waals surface area contributed by atoms with E-state index in [0.717, 1.165) is 56.4 Å². The molecule has 1 fully saturated rings. The molecule has 0 atom stereocenters. The first kappa shape index (κ1) is 13.1. The quantitative estimate of drug-likeness (QED) is 0.894. The number of anilines is 1. The average molecular weight is 271 g/mol. The number of hydrogen-bond donors (Lipinski definition) is 2. The molecule has 0 spiro atoms. The Labute approximate surface area is 119 Å². The highest BCUT2D eigenvalue weighted by Gasteiger charge is 2.14. The van der Waals surface area contributed by atoms with Crippen molar-refractivity contribution in [1.82, 2.24) is 20.5 Å². The van der Waals surface area contributed by atoms with Gasteiger partial charge in [-0.15, -0.1) is 5.10 Å². The predicted molar refractivity (Wildman–Crippen MR) is 80.9 cm³/mol. The van der Waals surface area contributed by atoms with Crippen LogP contribution in [0.25, 0.3) is 11.4 Å². The maximum absolute atomic E-state index is 4.63. The van der Waals surface area contributed by atoms with Crippen LogP contribution in [-0.2, 0) is 6.42 Å². The molecule has 0 amide bonds. The van der Waals surface area contributed by atoms with Crippen LogP contribution in [0.15, 0.2) is 24.3 Å². The van der Waals surface area contributed by atoms with Gasteiger partial charge in [-0.3, -0.25) is 5.10 Å². The predicted octanol–water partition coefficient (Wildman–Crippen LogP) is 1.83. The molecule has 0 aliphatic carbocycles. The van der Waals surface area contributed by atoms with Crippen molar-refractivity contribution in [2.75, 3.05) is 31.1 Å². The number of aromatic nitrogens is 3. The molecular formula is C15H21N5. The van der Waals surface area contributed by atoms with Gasteiger partial charge < -0.3 is 10.2 Å². The highest BCUT2D eigenvalue weighted by molar-refractivity contribution is 5.56. The van der Waals surface area contributed by atoms with Gasteiger partial charge in [-0.1, -0.05) is 31.2 Å². The summed E-state index contributed by atoms with van der Waals surface area (Å²) in [5.74, 6) is 1.66. The van der Waals surface area contributed by atoms with Gasteiger partial charge in [-0.25, -0.2) is 0 Å². The monoisotopic (exact) mass is 271 g/mol. The Bertz CT molecular complexity index is 538. The molecule has 0 radical (unpaired) electrons. The largest absolute Gasteiger partial charge is 0.338 e. The van der Waals surface area contributed by atoms with Crippen LogP contribution >= 0.6 is 0 Å². The minimum atomic E-state index is 0.809. The fraction of sp³-hybridized carbons (Fsp3) is 0.467. The second kappa shape index (κ2) is 6.05. The van der Waals surface area contributed by atoms with Gasteiger partial charge in [0.25, 0.3) is 0 Å². The van der Waals surface area contributed by atoms with E-state index in [0.29, 0.717) is 0 Å². The molecule has 0 unspecified atom stereocenters. The Balaban J connectivity index is 1.78. The van der Waals surface area contributed by atoms with Gasteiger partial charge in [0.2, 0.25) is 5.95 Å². The Morgan fingerprint density at radius 1 is 1.15 bits per heavy atom. The van der Waals surface area contributed by atoms with E-state index in [1.807, 2.05) is 0 Å². The molecule has 106 valence electrons. The van der Waals surface area contributed by atoms with Gasteiger partial charge >= 0.3 is 0 Å². The molecule has 1 aromatic heterocycles. The minimum absolute atomic E-state index is 0.809. The molecule has 2 N–H and O–H groups in total. The standard InChI is InChI=1S/C15H21N5/c1-2-12-4-6-13(7-5-12)14-17-15(19-18-14)20-10-3-8-16-9-11-20/h4-7,16H,2-3,8-11H2,1H3,(H,17,18,19). The molecule has 0 bridgehead atoms. The maximum atomic E-state index is 4.63. The average Bonchev–Trinajstić information content (AvgIpc) is 2.83. The van der Waals surface area contributed by atoms with Gasteiger partial charge in [-0.05, 0) is 24.9 Å². The first-order chi connectivity index (χ1) is 9.86. The van der Waals surface area contributed by atoms with Crippen molar-refractivity contribution in [3.63, 3.8) is 0 Å². The van der Waals surface area contributed by atoms with Crippen molar-refractivity contribution in [1.29, 1.82) is 0 Å². The highest BCUT2D eigenvalue weighted by Crippen LogP contribution is 2.18. The number of aromatic amines is 1. The molecule has 3 rings (SSSR count). The lowest BCUT2D eigenvalue weighted by Crippen LogP contribution is -2.28. The van der Waals surface area contributed by atoms with Crippen molar-refractivity contribution < 1.29 is 0 Å². The summed E-state index contributed by atoms with van der Waals surface area (Å²) < 4.78 is 0. The summed E-state index contributed by atoms with van der Waals surface area (Å²) in [6.45, 7) is 6.21. The summed E-state index contributed by atoms with van der Waals surface area (Å²) in [5, 5.41) is 10.8. The van der Waals surface area contributed by atoms with Crippen LogP contribution in [0.2, 0.25) is 0 Å². The molecule has 5 heteroatoms. The van der Waals surface area contributed by atoms with E-state index >= 15 is 0 Å². The number of rotatable bonds is 3. The van der Waals surface area contributed by atoms with Gasteiger partial charge in [0, 0.05) is 25.2 Å². The zero-order valence-corrected chi connectivity index (χ0v) is 11.9. The van der Waals surface area contributed by atoms with Gasteiger partial charge in [0.05, 0.1) is 0 Å². The first-order valence-electron chi connectivity index (χ1n) is 7.34. The fourth-order valence-electron chi connectivity index (χ4n) is 2.47. The highest BCUT2D eigenvalue weighted by atomic mass is 15.4. The van der Waals surface area contributed by atoms with Gasteiger partial charge in [0.15, 0.2) is 5.82 Å². The second-order valence-corrected chi connectivity index (χ2v) is 5.13. The van der Waals surface area contributed by atoms with Crippen LogP contribution in [0.5, 0.6) is 0 Å². The lowest BCUT2D eigenvalue weighted by atomic mass is 10.1. The summed E-state index contributed by atoms with van der Waals surface area (Å²) in [5.41, 5.74) is 2.43. The van der Waals surface area contributed by atoms with E-state index in [4.69, 9.17) is 0 Å². The third-order valence-electron chi connectivity index (χ3n) is 3.73. The van der Waals surface area contributed by atoms with Crippen LogP contribution in [0, 0.1) is 0 Å². The van der Waals surface area contributed by atoms with E-state index in [1.54, 1.807) is 0 Å². The van der Waals surface area contributed by atoms with E-state index in [1.165, 1.54) is 5.56 Å². The number of nitrogens with one attached hydrogen (secondary N) is 2. The summed E-state index contributed by atoms with van der Waals surface area (Å²) in [4.78, 5) is 6.87. The SMILES string of the molecule is CCc1ccc(-c2nc(N3CCCNCC3)n[nH]2)cc1. The fourth-order valence-corrected chi connectivity index (χ4v) is 2.47. The van der Waals surface area contributed by atoms with Crippen molar-refractivity contribution in [2.45, 2.75) is 19.8 Å². The number of benzene rings is 1. The van der Waals surface area contributed by atoms with Crippen molar-refractivity contribution >= 4 is 5.95 Å². The Kier molecular flexibility index (Phi) is 3.97. The molecule has 0 saturated carbocycles. The molecule has 1 aliphatic heterocycles. The zero-order chi connectivity index (χ0) is 13.8. The second-order valence-electron chi connectivity index (χ2n) is 5.13. The number of aryl methyl sites for hydroxylation is 1. The third kappa shape index (κ3) is 2.82. The summed E-state index contributed by atoms with van der Waals surface area (Å²) >= 11 is 0. The van der Waals surface area contributed by atoms with E-state index in [2.05, 4.69) is 56.6 Å². The number of H-pyrrole nitrogens is 1. The van der Waals surface area contributed by atoms with E-state index < -0.39 is 0 Å². The van der Waals surface area contributed by atoms with Crippen LogP contribution < -0.4 is 10.2 Å². The van der Waals surface area contributed by atoms with Crippen molar-refractivity contribution in [2.24, 2.45) is 0 Å². The van der Waals surface area contributed by atoms with Crippen LogP contribution in [-0.4, -0.2) is 41.4 Å². The Hall–Kier alpha value is -1.88. The smallest absolute Gasteiger partial charge is 0.245 e. The summed E-state index contributed by atoms with van der Waals surface area (Å²) in [6.07, 6.45) is 2.19. The first-order valence-corrected chi connectivity index (χ1v) is 7.34. The van der Waals surface area contributed by atoms with Crippen molar-refractivity contribution in [3.05, 3.63) is 29.8 Å². The van der Waals surface area contributed by atoms with E-state index in [-0.39, 0.29) is 0 Å². The molecule has 1 aliphatic rings. The topological polar surface area (TPSA) is 56.8 Å².